The first-order valence-corrected chi connectivity index (χ1v) is 8.23. The molecule has 2 heterocycles. The molecular weight excluding hydrogens is 288 g/mol. The molecule has 1 aliphatic heterocycles. The molecule has 5 nitrogen and oxygen atoms in total. The fraction of sp³-hybridized carbons (Fsp3) is 0.667. The summed E-state index contributed by atoms with van der Waals surface area (Å²) in [4.78, 5) is 14.5. The number of rotatable bonds is 4. The van der Waals surface area contributed by atoms with Crippen molar-refractivity contribution in [2.45, 2.75) is 32.6 Å². The molecule has 0 spiro atoms. The van der Waals surface area contributed by atoms with E-state index < -0.39 is 5.97 Å². The first-order chi connectivity index (χ1) is 10.1. The van der Waals surface area contributed by atoms with Crippen LogP contribution in [0.5, 0.6) is 5.75 Å². The molecule has 1 atom stereocenters. The van der Waals surface area contributed by atoms with Gasteiger partial charge in [0, 0.05) is 13.1 Å². The SMILES string of the molecule is CCC1CCCN(c2sc(C(=O)OC)c(N)c2OC)CC1. The van der Waals surface area contributed by atoms with Crippen molar-refractivity contribution in [3.63, 3.8) is 0 Å². The highest BCUT2D eigenvalue weighted by Gasteiger charge is 2.27. The zero-order valence-corrected chi connectivity index (χ0v) is 13.8. The van der Waals surface area contributed by atoms with Gasteiger partial charge in [-0.05, 0) is 25.2 Å². The van der Waals surface area contributed by atoms with Gasteiger partial charge in [-0.25, -0.2) is 4.79 Å². The topological polar surface area (TPSA) is 64.8 Å². The molecular formula is C15H24N2O3S. The van der Waals surface area contributed by atoms with E-state index in [4.69, 9.17) is 15.2 Å². The minimum Gasteiger partial charge on any atom is -0.492 e. The van der Waals surface area contributed by atoms with E-state index in [1.807, 2.05) is 0 Å². The summed E-state index contributed by atoms with van der Waals surface area (Å²) in [7, 11) is 2.96. The van der Waals surface area contributed by atoms with E-state index in [1.165, 1.54) is 37.7 Å². The highest BCUT2D eigenvalue weighted by molar-refractivity contribution is 7.19. The van der Waals surface area contributed by atoms with Crippen molar-refractivity contribution >= 4 is 28.0 Å². The lowest BCUT2D eigenvalue weighted by molar-refractivity contribution is 0.0607. The molecule has 1 aliphatic rings. The van der Waals surface area contributed by atoms with Gasteiger partial charge in [0.1, 0.15) is 15.6 Å². The van der Waals surface area contributed by atoms with Crippen molar-refractivity contribution in [3.8, 4) is 5.75 Å². The van der Waals surface area contributed by atoms with Crippen LogP contribution in [0.3, 0.4) is 0 Å². The number of carbonyl (C=O) groups excluding carboxylic acids is 1. The number of esters is 1. The fourth-order valence-electron chi connectivity index (χ4n) is 2.84. The van der Waals surface area contributed by atoms with Gasteiger partial charge in [0.2, 0.25) is 0 Å². The molecule has 0 aromatic carbocycles. The number of carbonyl (C=O) groups is 1. The molecule has 6 heteroatoms. The van der Waals surface area contributed by atoms with Crippen molar-refractivity contribution in [1.82, 2.24) is 0 Å². The third kappa shape index (κ3) is 3.26. The number of hydrogen-bond acceptors (Lipinski definition) is 6. The lowest BCUT2D eigenvalue weighted by atomic mass is 9.98. The third-order valence-electron chi connectivity index (χ3n) is 4.17. The molecule has 0 saturated carbocycles. The van der Waals surface area contributed by atoms with Crippen LogP contribution in [-0.2, 0) is 4.74 Å². The van der Waals surface area contributed by atoms with E-state index in [-0.39, 0.29) is 0 Å². The van der Waals surface area contributed by atoms with Crippen LogP contribution in [0.2, 0.25) is 0 Å². The van der Waals surface area contributed by atoms with E-state index >= 15 is 0 Å². The lowest BCUT2D eigenvalue weighted by Crippen LogP contribution is -2.23. The van der Waals surface area contributed by atoms with Crippen LogP contribution in [0.1, 0.15) is 42.3 Å². The summed E-state index contributed by atoms with van der Waals surface area (Å²) in [5, 5.41) is 0.951. The van der Waals surface area contributed by atoms with Crippen LogP contribution in [0.4, 0.5) is 10.7 Å². The second-order valence-electron chi connectivity index (χ2n) is 5.37. The Morgan fingerprint density at radius 1 is 1.38 bits per heavy atom. The Morgan fingerprint density at radius 2 is 2.14 bits per heavy atom. The van der Waals surface area contributed by atoms with Crippen molar-refractivity contribution in [3.05, 3.63) is 4.88 Å². The van der Waals surface area contributed by atoms with Gasteiger partial charge in [0.15, 0.2) is 5.75 Å². The minimum absolute atomic E-state index is 0.389. The predicted molar refractivity (Wildman–Crippen MR) is 86.5 cm³/mol. The summed E-state index contributed by atoms with van der Waals surface area (Å²) in [5.74, 6) is 0.997. The second-order valence-corrected chi connectivity index (χ2v) is 6.37. The Kier molecular flexibility index (Phi) is 5.33. The number of nitrogens with two attached hydrogens (primary N) is 1. The molecule has 0 amide bonds. The number of nitrogen functional groups attached to an aromatic ring is 1. The van der Waals surface area contributed by atoms with Crippen molar-refractivity contribution in [2.75, 3.05) is 37.9 Å². The number of hydrogen-bond donors (Lipinski definition) is 1. The zero-order chi connectivity index (χ0) is 15.4. The zero-order valence-electron chi connectivity index (χ0n) is 13.0. The minimum atomic E-state index is -0.400. The molecule has 1 unspecified atom stereocenters. The molecule has 1 saturated heterocycles. The second kappa shape index (κ2) is 7.02. The molecule has 118 valence electrons. The number of ether oxygens (including phenoxy) is 2. The molecule has 1 aromatic heterocycles. The van der Waals surface area contributed by atoms with Gasteiger partial charge in [0.25, 0.3) is 0 Å². The van der Waals surface area contributed by atoms with E-state index in [1.54, 1.807) is 7.11 Å². The number of nitrogens with zero attached hydrogens (tertiary/aromatic N) is 1. The van der Waals surface area contributed by atoms with Crippen LogP contribution in [0.25, 0.3) is 0 Å². The first kappa shape index (κ1) is 15.9. The van der Waals surface area contributed by atoms with Gasteiger partial charge in [-0.2, -0.15) is 0 Å². The van der Waals surface area contributed by atoms with Crippen LogP contribution in [-0.4, -0.2) is 33.3 Å². The number of anilines is 2. The summed E-state index contributed by atoms with van der Waals surface area (Å²) in [6.45, 7) is 4.21. The summed E-state index contributed by atoms with van der Waals surface area (Å²) in [5.41, 5.74) is 6.44. The Hall–Kier alpha value is -1.43. The van der Waals surface area contributed by atoms with Crippen LogP contribution < -0.4 is 15.4 Å². The van der Waals surface area contributed by atoms with Crippen LogP contribution in [0, 0.1) is 5.92 Å². The molecule has 0 radical (unpaired) electrons. The molecule has 2 N–H and O–H groups in total. The molecule has 2 rings (SSSR count). The van der Waals surface area contributed by atoms with E-state index in [2.05, 4.69) is 11.8 Å². The van der Waals surface area contributed by atoms with Crippen LogP contribution >= 0.6 is 11.3 Å². The monoisotopic (exact) mass is 312 g/mol. The van der Waals surface area contributed by atoms with Crippen molar-refractivity contribution in [1.29, 1.82) is 0 Å². The van der Waals surface area contributed by atoms with Crippen LogP contribution in [0.15, 0.2) is 0 Å². The van der Waals surface area contributed by atoms with Gasteiger partial charge in [-0.3, -0.25) is 0 Å². The highest BCUT2D eigenvalue weighted by atomic mass is 32.1. The maximum Gasteiger partial charge on any atom is 0.350 e. The standard InChI is InChI=1S/C15H24N2O3S/c1-4-10-6-5-8-17(9-7-10)14-12(19-2)11(16)13(21-14)15(18)20-3/h10H,4-9,16H2,1-3H3. The Labute approximate surface area is 130 Å². The lowest BCUT2D eigenvalue weighted by Gasteiger charge is -2.22. The van der Waals surface area contributed by atoms with Gasteiger partial charge in [0.05, 0.1) is 14.2 Å². The molecule has 0 aliphatic carbocycles. The predicted octanol–water partition coefficient (Wildman–Crippen LogP) is 3.14. The number of thiophene rings is 1. The smallest absolute Gasteiger partial charge is 0.350 e. The molecule has 1 fully saturated rings. The summed E-state index contributed by atoms with van der Waals surface area (Å²) >= 11 is 1.37. The fourth-order valence-corrected chi connectivity index (χ4v) is 4.00. The third-order valence-corrected chi connectivity index (χ3v) is 5.40. The van der Waals surface area contributed by atoms with Gasteiger partial charge < -0.3 is 20.1 Å². The Bertz CT molecular complexity index is 501. The first-order valence-electron chi connectivity index (χ1n) is 7.41. The largest absolute Gasteiger partial charge is 0.492 e. The average molecular weight is 312 g/mol. The summed E-state index contributed by atoms with van der Waals surface area (Å²) in [6, 6.07) is 0. The Balaban J connectivity index is 2.28. The van der Waals surface area contributed by atoms with E-state index in [0.29, 0.717) is 16.3 Å². The average Bonchev–Trinajstić information content (AvgIpc) is 2.68. The molecule has 0 bridgehead atoms. The maximum atomic E-state index is 11.8. The quantitative estimate of drug-likeness (QED) is 0.865. The highest BCUT2D eigenvalue weighted by Crippen LogP contribution is 2.45. The summed E-state index contributed by atoms with van der Waals surface area (Å²) in [6.07, 6.45) is 4.82. The number of methoxy groups -OCH3 is 2. The molecule has 21 heavy (non-hydrogen) atoms. The summed E-state index contributed by atoms with van der Waals surface area (Å²) < 4.78 is 10.2. The maximum absolute atomic E-state index is 11.8. The van der Waals surface area contributed by atoms with Gasteiger partial charge >= 0.3 is 5.97 Å². The van der Waals surface area contributed by atoms with Crippen molar-refractivity contribution in [2.24, 2.45) is 5.92 Å². The van der Waals surface area contributed by atoms with E-state index in [9.17, 15) is 4.79 Å². The molecule has 1 aromatic rings. The van der Waals surface area contributed by atoms with E-state index in [0.717, 1.165) is 30.4 Å². The van der Waals surface area contributed by atoms with Crippen molar-refractivity contribution < 1.29 is 14.3 Å². The normalized spacial score (nSPS) is 19.2. The van der Waals surface area contributed by atoms with Gasteiger partial charge in [-0.1, -0.05) is 13.3 Å². The van der Waals surface area contributed by atoms with Gasteiger partial charge in [-0.15, -0.1) is 11.3 Å². The Morgan fingerprint density at radius 3 is 2.76 bits per heavy atom.